The van der Waals surface area contributed by atoms with Gasteiger partial charge in [0.15, 0.2) is 0 Å². The van der Waals surface area contributed by atoms with Crippen molar-refractivity contribution < 1.29 is 9.59 Å². The summed E-state index contributed by atoms with van der Waals surface area (Å²) in [6.45, 7) is 2.14. The average molecular weight is 365 g/mol. The second-order valence-electron chi connectivity index (χ2n) is 6.14. The molecule has 1 N–H and O–H groups in total. The number of carbonyl (C=O) groups excluding carboxylic acids is 2. The highest BCUT2D eigenvalue weighted by molar-refractivity contribution is 8.16. The van der Waals surface area contributed by atoms with Crippen molar-refractivity contribution in [3.8, 4) is 0 Å². The quantitative estimate of drug-likeness (QED) is 0.871. The van der Waals surface area contributed by atoms with Gasteiger partial charge in [0.2, 0.25) is 5.91 Å². The zero-order valence-electron chi connectivity index (χ0n) is 13.8. The summed E-state index contributed by atoms with van der Waals surface area (Å²) in [5, 5.41) is 2.86. The second-order valence-corrected chi connectivity index (χ2v) is 8.87. The first-order valence-electron chi connectivity index (χ1n) is 8.63. The summed E-state index contributed by atoms with van der Waals surface area (Å²) >= 11 is 3.96. The number of thioether (sulfide) groups is 2. The standard InChI is InChI=1S/C18H24N2O2S2/c21-16(20-10-1-2-11-20)8-9-19-17(22)14-4-6-15(7-5-14)18-23-12-3-13-24-18/h4-7,18H,1-3,8-13H2,(H,19,22). The van der Waals surface area contributed by atoms with Crippen LogP contribution >= 0.6 is 23.5 Å². The van der Waals surface area contributed by atoms with Gasteiger partial charge in [-0.25, -0.2) is 0 Å². The van der Waals surface area contributed by atoms with E-state index in [1.807, 2.05) is 40.6 Å². The molecule has 2 saturated heterocycles. The molecule has 2 heterocycles. The van der Waals surface area contributed by atoms with Gasteiger partial charge in [0.1, 0.15) is 0 Å². The second kappa shape index (κ2) is 8.81. The lowest BCUT2D eigenvalue weighted by molar-refractivity contribution is -0.129. The number of carbonyl (C=O) groups is 2. The maximum Gasteiger partial charge on any atom is 0.251 e. The number of hydrogen-bond donors (Lipinski definition) is 1. The van der Waals surface area contributed by atoms with E-state index in [0.29, 0.717) is 23.1 Å². The van der Waals surface area contributed by atoms with Crippen molar-refractivity contribution >= 4 is 35.3 Å². The minimum atomic E-state index is -0.0975. The van der Waals surface area contributed by atoms with E-state index in [1.165, 1.54) is 23.5 Å². The summed E-state index contributed by atoms with van der Waals surface area (Å²) in [5.41, 5.74) is 1.95. The Balaban J connectivity index is 1.45. The minimum absolute atomic E-state index is 0.0975. The third-order valence-corrected chi connectivity index (χ3v) is 7.37. The first-order chi connectivity index (χ1) is 11.7. The largest absolute Gasteiger partial charge is 0.352 e. The van der Waals surface area contributed by atoms with E-state index in [0.717, 1.165) is 25.9 Å². The fourth-order valence-corrected chi connectivity index (χ4v) is 5.88. The zero-order valence-corrected chi connectivity index (χ0v) is 15.5. The Hall–Kier alpha value is -1.14. The molecule has 0 bridgehead atoms. The molecule has 24 heavy (non-hydrogen) atoms. The molecule has 2 aliphatic heterocycles. The third-order valence-electron chi connectivity index (χ3n) is 4.36. The summed E-state index contributed by atoms with van der Waals surface area (Å²) in [4.78, 5) is 26.0. The molecule has 4 nitrogen and oxygen atoms in total. The van der Waals surface area contributed by atoms with Crippen LogP contribution in [-0.4, -0.2) is 47.9 Å². The van der Waals surface area contributed by atoms with Crippen LogP contribution in [0.1, 0.15) is 46.2 Å². The van der Waals surface area contributed by atoms with Gasteiger partial charge in [-0.15, -0.1) is 23.5 Å². The van der Waals surface area contributed by atoms with Crippen molar-refractivity contribution in [1.29, 1.82) is 0 Å². The highest BCUT2D eigenvalue weighted by Gasteiger charge is 2.18. The lowest BCUT2D eigenvalue weighted by Crippen LogP contribution is -2.32. The fraction of sp³-hybridized carbons (Fsp3) is 0.556. The first-order valence-corrected chi connectivity index (χ1v) is 10.7. The van der Waals surface area contributed by atoms with Gasteiger partial charge < -0.3 is 10.2 Å². The maximum atomic E-state index is 12.2. The summed E-state index contributed by atoms with van der Waals surface area (Å²) < 4.78 is 0.494. The van der Waals surface area contributed by atoms with Crippen molar-refractivity contribution in [3.63, 3.8) is 0 Å². The molecule has 2 amide bonds. The van der Waals surface area contributed by atoms with Crippen LogP contribution in [0.5, 0.6) is 0 Å². The smallest absolute Gasteiger partial charge is 0.251 e. The number of nitrogens with one attached hydrogen (secondary N) is 1. The Morgan fingerprint density at radius 2 is 1.71 bits per heavy atom. The Kier molecular flexibility index (Phi) is 6.49. The van der Waals surface area contributed by atoms with E-state index in [9.17, 15) is 9.59 Å². The Morgan fingerprint density at radius 3 is 2.38 bits per heavy atom. The van der Waals surface area contributed by atoms with Gasteiger partial charge in [0.05, 0.1) is 4.58 Å². The van der Waals surface area contributed by atoms with E-state index >= 15 is 0 Å². The molecule has 0 atom stereocenters. The van der Waals surface area contributed by atoms with Crippen LogP contribution in [0.2, 0.25) is 0 Å². The van der Waals surface area contributed by atoms with Crippen LogP contribution in [0.4, 0.5) is 0 Å². The maximum absolute atomic E-state index is 12.2. The molecular weight excluding hydrogens is 340 g/mol. The Morgan fingerprint density at radius 1 is 1.04 bits per heavy atom. The normalized spacial score (nSPS) is 18.6. The number of hydrogen-bond acceptors (Lipinski definition) is 4. The Bertz CT molecular complexity index is 565. The van der Waals surface area contributed by atoms with Crippen LogP contribution in [-0.2, 0) is 4.79 Å². The summed E-state index contributed by atoms with van der Waals surface area (Å²) in [7, 11) is 0. The summed E-state index contributed by atoms with van der Waals surface area (Å²) in [6, 6.07) is 7.89. The lowest BCUT2D eigenvalue weighted by Gasteiger charge is -2.21. The monoisotopic (exact) mass is 364 g/mol. The highest BCUT2D eigenvalue weighted by Crippen LogP contribution is 2.43. The molecule has 0 saturated carbocycles. The van der Waals surface area contributed by atoms with Gasteiger partial charge in [-0.1, -0.05) is 12.1 Å². The molecule has 0 radical (unpaired) electrons. The SMILES string of the molecule is O=C(NCCC(=O)N1CCCC1)c1ccc(C2SCCCS2)cc1. The van der Waals surface area contributed by atoms with Crippen molar-refractivity contribution in [2.45, 2.75) is 30.3 Å². The van der Waals surface area contributed by atoms with Gasteiger partial charge in [-0.05, 0) is 48.5 Å². The van der Waals surface area contributed by atoms with E-state index in [4.69, 9.17) is 0 Å². The number of nitrogens with zero attached hydrogens (tertiary/aromatic N) is 1. The van der Waals surface area contributed by atoms with Crippen molar-refractivity contribution in [3.05, 3.63) is 35.4 Å². The van der Waals surface area contributed by atoms with Crippen LogP contribution in [0, 0.1) is 0 Å². The van der Waals surface area contributed by atoms with Crippen LogP contribution in [0.25, 0.3) is 0 Å². The number of amides is 2. The van der Waals surface area contributed by atoms with Gasteiger partial charge in [0.25, 0.3) is 5.91 Å². The van der Waals surface area contributed by atoms with E-state index in [-0.39, 0.29) is 11.8 Å². The molecule has 3 rings (SSSR count). The summed E-state index contributed by atoms with van der Waals surface area (Å²) in [6.07, 6.45) is 3.87. The van der Waals surface area contributed by atoms with Gasteiger partial charge >= 0.3 is 0 Å². The molecule has 0 aliphatic carbocycles. The molecule has 1 aromatic rings. The lowest BCUT2D eigenvalue weighted by atomic mass is 10.1. The van der Waals surface area contributed by atoms with Crippen molar-refractivity contribution in [1.82, 2.24) is 10.2 Å². The number of likely N-dealkylation sites (tertiary alicyclic amines) is 1. The fourth-order valence-electron chi connectivity index (χ4n) is 2.98. The van der Waals surface area contributed by atoms with Crippen LogP contribution in [0.3, 0.4) is 0 Å². The topological polar surface area (TPSA) is 49.4 Å². The van der Waals surface area contributed by atoms with Crippen LogP contribution in [0.15, 0.2) is 24.3 Å². The molecular formula is C18H24N2O2S2. The highest BCUT2D eigenvalue weighted by atomic mass is 32.2. The third kappa shape index (κ3) is 4.70. The summed E-state index contributed by atoms with van der Waals surface area (Å²) in [5.74, 6) is 2.48. The number of benzene rings is 1. The van der Waals surface area contributed by atoms with Crippen molar-refractivity contribution in [2.75, 3.05) is 31.1 Å². The molecule has 0 aromatic heterocycles. The average Bonchev–Trinajstić information content (AvgIpc) is 3.17. The first kappa shape index (κ1) is 17.7. The van der Waals surface area contributed by atoms with Crippen molar-refractivity contribution in [2.24, 2.45) is 0 Å². The zero-order chi connectivity index (χ0) is 16.8. The van der Waals surface area contributed by atoms with E-state index in [1.54, 1.807) is 0 Å². The predicted molar refractivity (Wildman–Crippen MR) is 101 cm³/mol. The number of rotatable bonds is 5. The molecule has 130 valence electrons. The molecule has 2 aliphatic rings. The van der Waals surface area contributed by atoms with E-state index in [2.05, 4.69) is 17.4 Å². The molecule has 1 aromatic carbocycles. The molecule has 2 fully saturated rings. The Labute approximate surface area is 152 Å². The molecule has 6 heteroatoms. The minimum Gasteiger partial charge on any atom is -0.352 e. The van der Waals surface area contributed by atoms with Gasteiger partial charge in [-0.2, -0.15) is 0 Å². The van der Waals surface area contributed by atoms with E-state index < -0.39 is 0 Å². The molecule has 0 unspecified atom stereocenters. The van der Waals surface area contributed by atoms with Gasteiger partial charge in [-0.3, -0.25) is 9.59 Å². The molecule has 0 spiro atoms. The van der Waals surface area contributed by atoms with Gasteiger partial charge in [0, 0.05) is 31.6 Å². The van der Waals surface area contributed by atoms with Crippen LogP contribution < -0.4 is 5.32 Å². The predicted octanol–water partition coefficient (Wildman–Crippen LogP) is 3.30.